The third-order valence-corrected chi connectivity index (χ3v) is 4.99. The molecule has 0 heterocycles. The Labute approximate surface area is 149 Å². The summed E-state index contributed by atoms with van der Waals surface area (Å²) >= 11 is 1.34. The Morgan fingerprint density at radius 3 is 2.62 bits per heavy atom. The van der Waals surface area contributed by atoms with Crippen molar-refractivity contribution in [3.8, 4) is 0 Å². The largest absolute Gasteiger partial charge is 0.369 e. The predicted octanol–water partition coefficient (Wildman–Crippen LogP) is 3.10. The zero-order valence-electron chi connectivity index (χ0n) is 14.9. The van der Waals surface area contributed by atoms with E-state index in [1.54, 1.807) is 0 Å². The molecule has 0 radical (unpaired) electrons. The minimum atomic E-state index is -0.372. The van der Waals surface area contributed by atoms with Gasteiger partial charge in [-0.1, -0.05) is 32.4 Å². The first kappa shape index (κ1) is 20.5. The van der Waals surface area contributed by atoms with Crippen molar-refractivity contribution in [1.29, 1.82) is 0 Å². The summed E-state index contributed by atoms with van der Waals surface area (Å²) in [7, 11) is 0. The van der Waals surface area contributed by atoms with E-state index in [1.165, 1.54) is 11.8 Å². The molecule has 0 unspecified atom stereocenters. The van der Waals surface area contributed by atoms with Crippen LogP contribution in [0.4, 0.5) is 5.69 Å². The Hall–Kier alpha value is -1.53. The summed E-state index contributed by atoms with van der Waals surface area (Å²) in [5.74, 6) is -0.204. The van der Waals surface area contributed by atoms with Crippen LogP contribution in [0.5, 0.6) is 0 Å². The molecular weight excluding hydrogens is 322 g/mol. The monoisotopic (exact) mass is 351 g/mol. The van der Waals surface area contributed by atoms with E-state index >= 15 is 0 Å². The average Bonchev–Trinajstić information content (AvgIpc) is 2.56. The summed E-state index contributed by atoms with van der Waals surface area (Å²) < 4.78 is 0. The van der Waals surface area contributed by atoms with Gasteiger partial charge in [0.1, 0.15) is 0 Å². The van der Waals surface area contributed by atoms with E-state index in [-0.39, 0.29) is 17.6 Å². The molecule has 2 amide bonds. The van der Waals surface area contributed by atoms with Crippen LogP contribution in [0.3, 0.4) is 0 Å². The predicted molar refractivity (Wildman–Crippen MR) is 101 cm³/mol. The Morgan fingerprint density at radius 1 is 1.29 bits per heavy atom. The number of hydrogen-bond donors (Lipinski definition) is 2. The third kappa shape index (κ3) is 7.36. The molecule has 0 saturated heterocycles. The fourth-order valence-electron chi connectivity index (χ4n) is 2.29. The molecule has 0 saturated carbocycles. The van der Waals surface area contributed by atoms with E-state index < -0.39 is 0 Å². The lowest BCUT2D eigenvalue weighted by Crippen LogP contribution is -2.39. The van der Waals surface area contributed by atoms with Crippen molar-refractivity contribution in [2.75, 3.05) is 24.2 Å². The first-order chi connectivity index (χ1) is 11.5. The van der Waals surface area contributed by atoms with E-state index in [0.717, 1.165) is 36.4 Å². The first-order valence-corrected chi connectivity index (χ1v) is 9.50. The van der Waals surface area contributed by atoms with Crippen molar-refractivity contribution in [2.24, 2.45) is 5.73 Å². The van der Waals surface area contributed by atoms with Crippen LogP contribution in [0.15, 0.2) is 29.2 Å². The van der Waals surface area contributed by atoms with Gasteiger partial charge in [0.15, 0.2) is 0 Å². The van der Waals surface area contributed by atoms with Crippen molar-refractivity contribution in [3.63, 3.8) is 0 Å². The van der Waals surface area contributed by atoms with Crippen LogP contribution in [0.2, 0.25) is 0 Å². The van der Waals surface area contributed by atoms with Gasteiger partial charge in [0, 0.05) is 10.9 Å². The van der Waals surface area contributed by atoms with E-state index in [0.29, 0.717) is 12.6 Å². The number of nitrogens with two attached hydrogens (primary N) is 1. The van der Waals surface area contributed by atoms with Crippen molar-refractivity contribution in [2.45, 2.75) is 51.0 Å². The second-order valence-electron chi connectivity index (χ2n) is 5.88. The highest BCUT2D eigenvalue weighted by atomic mass is 32.2. The number of carbonyl (C=O) groups is 2. The van der Waals surface area contributed by atoms with Gasteiger partial charge in [-0.05, 0) is 38.4 Å². The molecule has 1 rings (SSSR count). The molecule has 1 atom stereocenters. The van der Waals surface area contributed by atoms with Gasteiger partial charge in [0.25, 0.3) is 0 Å². The zero-order chi connectivity index (χ0) is 17.9. The van der Waals surface area contributed by atoms with Crippen LogP contribution in [-0.4, -0.2) is 41.6 Å². The SMILES string of the molecule is CCCCN(CC(=O)Nc1ccccc1SCC(N)=O)[C@@H](C)CC. The number of hydrogen-bond acceptors (Lipinski definition) is 4. The molecule has 6 heteroatoms. The molecule has 1 aromatic carbocycles. The van der Waals surface area contributed by atoms with Gasteiger partial charge in [0.05, 0.1) is 18.0 Å². The number of para-hydroxylation sites is 1. The molecule has 1 aromatic rings. The molecular formula is C18H29N3O2S. The number of carbonyl (C=O) groups excluding carboxylic acids is 2. The van der Waals surface area contributed by atoms with E-state index in [2.05, 4.69) is 31.0 Å². The molecule has 0 aliphatic carbocycles. The highest BCUT2D eigenvalue weighted by Gasteiger charge is 2.16. The maximum atomic E-state index is 12.4. The van der Waals surface area contributed by atoms with Crippen LogP contribution in [-0.2, 0) is 9.59 Å². The average molecular weight is 352 g/mol. The normalized spacial score (nSPS) is 12.2. The number of nitrogens with one attached hydrogen (secondary N) is 1. The molecule has 5 nitrogen and oxygen atoms in total. The van der Waals surface area contributed by atoms with Gasteiger partial charge in [-0.25, -0.2) is 0 Å². The second kappa shape index (κ2) is 11.1. The second-order valence-corrected chi connectivity index (χ2v) is 6.90. The van der Waals surface area contributed by atoms with Crippen molar-refractivity contribution in [1.82, 2.24) is 4.90 Å². The highest BCUT2D eigenvalue weighted by Crippen LogP contribution is 2.26. The zero-order valence-corrected chi connectivity index (χ0v) is 15.7. The Balaban J connectivity index is 2.70. The fraction of sp³-hybridized carbons (Fsp3) is 0.556. The number of unbranched alkanes of at least 4 members (excludes halogenated alkanes) is 1. The number of primary amides is 1. The van der Waals surface area contributed by atoms with Crippen LogP contribution in [0, 0.1) is 0 Å². The number of anilines is 1. The quantitative estimate of drug-likeness (QED) is 0.601. The van der Waals surface area contributed by atoms with Gasteiger partial charge >= 0.3 is 0 Å². The van der Waals surface area contributed by atoms with Gasteiger partial charge < -0.3 is 11.1 Å². The van der Waals surface area contributed by atoms with Crippen molar-refractivity contribution in [3.05, 3.63) is 24.3 Å². The molecule has 0 aliphatic rings. The number of benzene rings is 1. The van der Waals surface area contributed by atoms with Crippen LogP contribution >= 0.6 is 11.8 Å². The lowest BCUT2D eigenvalue weighted by atomic mass is 10.2. The lowest BCUT2D eigenvalue weighted by Gasteiger charge is -2.27. The Kier molecular flexibility index (Phi) is 9.49. The summed E-state index contributed by atoms with van der Waals surface area (Å²) in [5.41, 5.74) is 5.93. The van der Waals surface area contributed by atoms with Gasteiger partial charge in [0.2, 0.25) is 11.8 Å². The topological polar surface area (TPSA) is 75.4 Å². The first-order valence-electron chi connectivity index (χ1n) is 8.51. The Morgan fingerprint density at radius 2 is 2.00 bits per heavy atom. The van der Waals surface area contributed by atoms with Gasteiger partial charge in [-0.15, -0.1) is 11.8 Å². The molecule has 3 N–H and O–H groups in total. The van der Waals surface area contributed by atoms with Gasteiger partial charge in [-0.3, -0.25) is 14.5 Å². The molecule has 0 fully saturated rings. The number of amides is 2. The minimum Gasteiger partial charge on any atom is -0.369 e. The number of rotatable bonds is 11. The number of nitrogens with zero attached hydrogens (tertiary/aromatic N) is 1. The molecule has 0 aliphatic heterocycles. The van der Waals surface area contributed by atoms with E-state index in [1.807, 2.05) is 24.3 Å². The molecule has 0 aromatic heterocycles. The molecule has 24 heavy (non-hydrogen) atoms. The summed E-state index contributed by atoms with van der Waals surface area (Å²) in [6.07, 6.45) is 3.21. The van der Waals surface area contributed by atoms with Crippen LogP contribution in [0.1, 0.15) is 40.0 Å². The summed E-state index contributed by atoms with van der Waals surface area (Å²) in [6, 6.07) is 7.86. The third-order valence-electron chi connectivity index (χ3n) is 3.89. The summed E-state index contributed by atoms with van der Waals surface area (Å²) in [5, 5.41) is 2.97. The maximum absolute atomic E-state index is 12.4. The maximum Gasteiger partial charge on any atom is 0.238 e. The minimum absolute atomic E-state index is 0.0291. The van der Waals surface area contributed by atoms with Gasteiger partial charge in [-0.2, -0.15) is 0 Å². The summed E-state index contributed by atoms with van der Waals surface area (Å²) in [4.78, 5) is 26.5. The number of thioether (sulfide) groups is 1. The van der Waals surface area contributed by atoms with Crippen molar-refractivity contribution >= 4 is 29.3 Å². The fourth-order valence-corrected chi connectivity index (χ4v) is 3.04. The van der Waals surface area contributed by atoms with Crippen LogP contribution in [0.25, 0.3) is 0 Å². The molecule has 0 spiro atoms. The van der Waals surface area contributed by atoms with Crippen LogP contribution < -0.4 is 11.1 Å². The van der Waals surface area contributed by atoms with E-state index in [4.69, 9.17) is 5.73 Å². The standard InChI is InChI=1S/C18H29N3O2S/c1-4-6-11-21(14(3)5-2)12-18(23)20-15-9-7-8-10-16(15)24-13-17(19)22/h7-10,14H,4-6,11-13H2,1-3H3,(H2,19,22)(H,20,23)/t14-/m0/s1. The van der Waals surface area contributed by atoms with E-state index in [9.17, 15) is 9.59 Å². The van der Waals surface area contributed by atoms with Crippen molar-refractivity contribution < 1.29 is 9.59 Å². The molecule has 134 valence electrons. The lowest BCUT2D eigenvalue weighted by molar-refractivity contribution is -0.118. The highest BCUT2D eigenvalue weighted by molar-refractivity contribution is 8.00. The Bertz CT molecular complexity index is 537. The smallest absolute Gasteiger partial charge is 0.238 e. The summed E-state index contributed by atoms with van der Waals surface area (Å²) in [6.45, 7) is 7.75. The molecule has 0 bridgehead atoms.